The summed E-state index contributed by atoms with van der Waals surface area (Å²) in [6.07, 6.45) is 2.52. The molecular formula is C13H25N3O3. The Bertz CT molecular complexity index is 320. The van der Waals surface area contributed by atoms with E-state index in [9.17, 15) is 9.59 Å². The topological polar surface area (TPSA) is 72.9 Å². The molecule has 110 valence electrons. The highest BCUT2D eigenvalue weighted by molar-refractivity contribution is 5.82. The maximum absolute atomic E-state index is 12.3. The Kier molecular flexibility index (Phi) is 6.08. The van der Waals surface area contributed by atoms with E-state index in [2.05, 4.69) is 5.32 Å². The van der Waals surface area contributed by atoms with Gasteiger partial charge in [0.25, 0.3) is 0 Å². The number of likely N-dealkylation sites (N-methyl/N-ethyl adjacent to an activating group) is 1. The molecule has 6 heteroatoms. The lowest BCUT2D eigenvalue weighted by Gasteiger charge is -2.36. The third kappa shape index (κ3) is 4.09. The van der Waals surface area contributed by atoms with E-state index in [0.717, 1.165) is 25.9 Å². The van der Waals surface area contributed by atoms with E-state index >= 15 is 0 Å². The molecule has 19 heavy (non-hydrogen) atoms. The molecule has 0 aromatic carbocycles. The van der Waals surface area contributed by atoms with Crippen LogP contribution >= 0.6 is 0 Å². The van der Waals surface area contributed by atoms with Crippen LogP contribution in [0.3, 0.4) is 0 Å². The van der Waals surface area contributed by atoms with Gasteiger partial charge in [0.05, 0.1) is 0 Å². The fraction of sp³-hybridized carbons (Fsp3) is 0.846. The Labute approximate surface area is 114 Å². The summed E-state index contributed by atoms with van der Waals surface area (Å²) in [6.45, 7) is 4.10. The van der Waals surface area contributed by atoms with E-state index in [-0.39, 0.29) is 6.03 Å². The average Bonchev–Trinajstić information content (AvgIpc) is 2.39. The van der Waals surface area contributed by atoms with E-state index in [4.69, 9.17) is 5.11 Å². The van der Waals surface area contributed by atoms with Gasteiger partial charge >= 0.3 is 12.0 Å². The Morgan fingerprint density at radius 3 is 2.74 bits per heavy atom. The van der Waals surface area contributed by atoms with E-state index in [1.807, 2.05) is 7.05 Å². The Morgan fingerprint density at radius 1 is 1.53 bits per heavy atom. The first-order valence-electron chi connectivity index (χ1n) is 6.90. The lowest BCUT2D eigenvalue weighted by Crippen LogP contribution is -2.52. The van der Waals surface area contributed by atoms with Crippen LogP contribution in [0.4, 0.5) is 4.79 Å². The normalized spacial score (nSPS) is 21.0. The number of hydrogen-bond donors (Lipinski definition) is 2. The standard InChI is InChI=1S/C13H25N3O3/c1-4-11(12(17)18)15(3)13(19)16-7-5-6-10(9-16)8-14-2/h10-11,14H,4-9H2,1-3H3,(H,17,18). The molecular weight excluding hydrogens is 246 g/mol. The van der Waals surface area contributed by atoms with E-state index in [1.54, 1.807) is 18.9 Å². The number of likely N-dealkylation sites (tertiary alicyclic amines) is 1. The molecule has 2 atom stereocenters. The van der Waals surface area contributed by atoms with Crippen molar-refractivity contribution in [1.82, 2.24) is 15.1 Å². The fourth-order valence-corrected chi connectivity index (χ4v) is 2.66. The minimum atomic E-state index is -0.942. The third-order valence-corrected chi connectivity index (χ3v) is 3.72. The Hall–Kier alpha value is -1.30. The van der Waals surface area contributed by atoms with Gasteiger partial charge in [-0.1, -0.05) is 6.92 Å². The highest BCUT2D eigenvalue weighted by Gasteiger charge is 2.30. The predicted octanol–water partition coefficient (Wildman–Crippen LogP) is 0.833. The van der Waals surface area contributed by atoms with Gasteiger partial charge in [-0.25, -0.2) is 9.59 Å². The molecule has 1 aliphatic heterocycles. The summed E-state index contributed by atoms with van der Waals surface area (Å²) in [5.74, 6) is -0.483. The van der Waals surface area contributed by atoms with Gasteiger partial charge in [-0.15, -0.1) is 0 Å². The summed E-state index contributed by atoms with van der Waals surface area (Å²) in [7, 11) is 3.48. The third-order valence-electron chi connectivity index (χ3n) is 3.72. The first kappa shape index (κ1) is 15.8. The van der Waals surface area contributed by atoms with Gasteiger partial charge in [0, 0.05) is 20.1 Å². The van der Waals surface area contributed by atoms with E-state index < -0.39 is 12.0 Å². The predicted molar refractivity (Wildman–Crippen MR) is 73.1 cm³/mol. The summed E-state index contributed by atoms with van der Waals surface area (Å²) in [5.41, 5.74) is 0. The van der Waals surface area contributed by atoms with Crippen LogP contribution in [-0.2, 0) is 4.79 Å². The number of rotatable bonds is 5. The molecule has 0 saturated carbocycles. The van der Waals surface area contributed by atoms with Crippen LogP contribution in [0.15, 0.2) is 0 Å². The number of carbonyl (C=O) groups excluding carboxylic acids is 1. The second-order valence-corrected chi connectivity index (χ2v) is 5.17. The van der Waals surface area contributed by atoms with Crippen LogP contribution in [-0.4, -0.2) is 66.7 Å². The Balaban J connectivity index is 2.63. The Morgan fingerprint density at radius 2 is 2.21 bits per heavy atom. The van der Waals surface area contributed by atoms with Gasteiger partial charge < -0.3 is 20.2 Å². The first-order chi connectivity index (χ1) is 9.01. The smallest absolute Gasteiger partial charge is 0.326 e. The summed E-state index contributed by atoms with van der Waals surface area (Å²) in [6, 6.07) is -0.910. The first-order valence-corrected chi connectivity index (χ1v) is 6.90. The van der Waals surface area contributed by atoms with Crippen LogP contribution in [0.25, 0.3) is 0 Å². The molecule has 1 heterocycles. The average molecular weight is 271 g/mol. The van der Waals surface area contributed by atoms with Crippen molar-refractivity contribution in [2.45, 2.75) is 32.2 Å². The second kappa shape index (κ2) is 7.33. The number of carbonyl (C=O) groups is 2. The SMILES string of the molecule is CCC(C(=O)O)N(C)C(=O)N1CCCC(CNC)C1. The van der Waals surface area contributed by atoms with Crippen LogP contribution in [0.5, 0.6) is 0 Å². The number of aliphatic carboxylic acids is 1. The molecule has 0 aliphatic carbocycles. The van der Waals surface area contributed by atoms with Crippen molar-refractivity contribution < 1.29 is 14.7 Å². The van der Waals surface area contributed by atoms with E-state index in [0.29, 0.717) is 18.9 Å². The number of piperidine rings is 1. The molecule has 1 fully saturated rings. The molecule has 6 nitrogen and oxygen atoms in total. The summed E-state index contributed by atoms with van der Waals surface area (Å²) >= 11 is 0. The summed E-state index contributed by atoms with van der Waals surface area (Å²) in [4.78, 5) is 26.6. The van der Waals surface area contributed by atoms with Crippen molar-refractivity contribution in [3.8, 4) is 0 Å². The summed E-state index contributed by atoms with van der Waals surface area (Å²) < 4.78 is 0. The lowest BCUT2D eigenvalue weighted by molar-refractivity contribution is -0.142. The van der Waals surface area contributed by atoms with Crippen LogP contribution in [0.1, 0.15) is 26.2 Å². The quantitative estimate of drug-likeness (QED) is 0.777. The van der Waals surface area contributed by atoms with Crippen molar-refractivity contribution >= 4 is 12.0 Å². The number of nitrogens with one attached hydrogen (secondary N) is 1. The van der Waals surface area contributed by atoms with Gasteiger partial charge in [0.1, 0.15) is 6.04 Å². The zero-order chi connectivity index (χ0) is 14.4. The number of carboxylic acid groups (broad SMARTS) is 1. The van der Waals surface area contributed by atoms with Gasteiger partial charge in [-0.2, -0.15) is 0 Å². The molecule has 2 amide bonds. The van der Waals surface area contributed by atoms with Crippen LogP contribution < -0.4 is 5.32 Å². The molecule has 0 radical (unpaired) electrons. The maximum atomic E-state index is 12.3. The zero-order valence-corrected chi connectivity index (χ0v) is 12.1. The molecule has 2 unspecified atom stereocenters. The van der Waals surface area contributed by atoms with Crippen molar-refractivity contribution in [1.29, 1.82) is 0 Å². The molecule has 0 aromatic rings. The zero-order valence-electron chi connectivity index (χ0n) is 12.1. The molecule has 1 saturated heterocycles. The largest absolute Gasteiger partial charge is 0.480 e. The van der Waals surface area contributed by atoms with Crippen LogP contribution in [0.2, 0.25) is 0 Å². The van der Waals surface area contributed by atoms with Gasteiger partial charge in [0.2, 0.25) is 0 Å². The van der Waals surface area contributed by atoms with Gasteiger partial charge in [-0.3, -0.25) is 0 Å². The number of hydrogen-bond acceptors (Lipinski definition) is 3. The second-order valence-electron chi connectivity index (χ2n) is 5.17. The number of carboxylic acids is 1. The minimum Gasteiger partial charge on any atom is -0.480 e. The van der Waals surface area contributed by atoms with Crippen molar-refractivity contribution in [3.05, 3.63) is 0 Å². The van der Waals surface area contributed by atoms with Crippen molar-refractivity contribution in [2.24, 2.45) is 5.92 Å². The van der Waals surface area contributed by atoms with Gasteiger partial charge in [-0.05, 0) is 38.8 Å². The van der Waals surface area contributed by atoms with Crippen molar-refractivity contribution in [2.75, 3.05) is 33.7 Å². The van der Waals surface area contributed by atoms with E-state index in [1.165, 1.54) is 4.90 Å². The van der Waals surface area contributed by atoms with Gasteiger partial charge in [0.15, 0.2) is 0 Å². The molecule has 1 aliphatic rings. The maximum Gasteiger partial charge on any atom is 0.326 e. The number of amides is 2. The lowest BCUT2D eigenvalue weighted by atomic mass is 9.98. The number of urea groups is 1. The minimum absolute atomic E-state index is 0.171. The molecule has 2 N–H and O–H groups in total. The molecule has 0 aromatic heterocycles. The molecule has 0 bridgehead atoms. The number of nitrogens with zero attached hydrogens (tertiary/aromatic N) is 2. The van der Waals surface area contributed by atoms with Crippen molar-refractivity contribution in [3.63, 3.8) is 0 Å². The highest BCUT2D eigenvalue weighted by atomic mass is 16.4. The van der Waals surface area contributed by atoms with Crippen LogP contribution in [0, 0.1) is 5.92 Å². The molecule has 1 rings (SSSR count). The molecule has 0 spiro atoms. The monoisotopic (exact) mass is 271 g/mol. The fourth-order valence-electron chi connectivity index (χ4n) is 2.66. The highest BCUT2D eigenvalue weighted by Crippen LogP contribution is 2.18. The summed E-state index contributed by atoms with van der Waals surface area (Å²) in [5, 5.41) is 12.2.